The van der Waals surface area contributed by atoms with Gasteiger partial charge in [0.25, 0.3) is 0 Å². The molecule has 0 aliphatic carbocycles. The highest BCUT2D eigenvalue weighted by molar-refractivity contribution is 5.87. The average molecular weight is 424 g/mol. The summed E-state index contributed by atoms with van der Waals surface area (Å²) in [7, 11) is 2.18. The van der Waals surface area contributed by atoms with Crippen LogP contribution in [0.2, 0.25) is 0 Å². The van der Waals surface area contributed by atoms with E-state index in [0.717, 1.165) is 76.7 Å². The molecule has 2 aromatic heterocycles. The summed E-state index contributed by atoms with van der Waals surface area (Å²) < 4.78 is 0. The second-order valence-corrected chi connectivity index (χ2v) is 8.52. The molecular weight excluding hydrogens is 398 g/mol. The second-order valence-electron chi connectivity index (χ2n) is 8.52. The maximum atomic E-state index is 5.81. The van der Waals surface area contributed by atoms with Crippen LogP contribution >= 0.6 is 0 Å². The van der Waals surface area contributed by atoms with Crippen LogP contribution in [0.1, 0.15) is 0 Å². The lowest BCUT2D eigenvalue weighted by atomic mass is 10.2. The highest BCUT2D eigenvalue weighted by Gasteiger charge is 2.16. The number of nitrogen functional groups attached to an aromatic ring is 1. The van der Waals surface area contributed by atoms with E-state index in [-0.39, 0.29) is 0 Å². The summed E-state index contributed by atoms with van der Waals surface area (Å²) in [6.07, 6.45) is 0. The van der Waals surface area contributed by atoms with E-state index in [1.54, 1.807) is 0 Å². The third kappa shape index (κ3) is 3.36. The molecule has 0 amide bonds. The molecule has 0 spiro atoms. The van der Waals surface area contributed by atoms with Gasteiger partial charge in [-0.1, -0.05) is 0 Å². The van der Waals surface area contributed by atoms with Gasteiger partial charge in [0.1, 0.15) is 11.6 Å². The number of anilines is 2. The molecule has 5 aromatic rings. The number of benzene rings is 3. The number of nitrogens with zero attached hydrogens (tertiary/aromatic N) is 4. The number of piperazine rings is 1. The van der Waals surface area contributed by atoms with Crippen molar-refractivity contribution in [3.8, 4) is 22.8 Å². The molecule has 0 saturated carbocycles. The van der Waals surface area contributed by atoms with Crippen LogP contribution in [-0.2, 0) is 0 Å². The van der Waals surface area contributed by atoms with Crippen LogP contribution in [0.15, 0.2) is 60.7 Å². The quantitative estimate of drug-likeness (QED) is 0.380. The van der Waals surface area contributed by atoms with Crippen molar-refractivity contribution in [2.24, 2.45) is 0 Å². The molecule has 1 aliphatic rings. The molecule has 7 heteroatoms. The van der Waals surface area contributed by atoms with Crippen LogP contribution in [-0.4, -0.2) is 58.1 Å². The minimum absolute atomic E-state index is 0.743. The topological polar surface area (TPSA) is 89.9 Å². The summed E-state index contributed by atoms with van der Waals surface area (Å²) in [4.78, 5) is 21.3. The Kier molecular flexibility index (Phi) is 4.36. The van der Waals surface area contributed by atoms with Gasteiger partial charge in [0, 0.05) is 48.7 Å². The van der Waals surface area contributed by atoms with Crippen molar-refractivity contribution in [3.05, 3.63) is 60.7 Å². The molecule has 160 valence electrons. The molecule has 0 atom stereocenters. The van der Waals surface area contributed by atoms with E-state index in [4.69, 9.17) is 15.7 Å². The van der Waals surface area contributed by atoms with E-state index < -0.39 is 0 Å². The Morgan fingerprint density at radius 3 is 2.03 bits per heavy atom. The lowest BCUT2D eigenvalue weighted by Crippen LogP contribution is -2.44. The van der Waals surface area contributed by atoms with Gasteiger partial charge in [-0.2, -0.15) is 0 Å². The van der Waals surface area contributed by atoms with Crippen molar-refractivity contribution in [3.63, 3.8) is 0 Å². The Hall–Kier alpha value is -3.84. The highest BCUT2D eigenvalue weighted by Crippen LogP contribution is 2.28. The number of nitrogens with one attached hydrogen (secondary N) is 2. The number of hydrogen-bond donors (Lipinski definition) is 3. The van der Waals surface area contributed by atoms with Gasteiger partial charge in [0.05, 0.1) is 22.1 Å². The number of likely N-dealkylation sites (N-methyl/N-ethyl adjacent to an activating group) is 1. The molecule has 32 heavy (non-hydrogen) atoms. The minimum atomic E-state index is 0.743. The maximum absolute atomic E-state index is 5.81. The fourth-order valence-electron chi connectivity index (χ4n) is 4.33. The fraction of sp³-hybridized carbons (Fsp3) is 0.200. The summed E-state index contributed by atoms with van der Waals surface area (Å²) in [5.74, 6) is 1.69. The smallest absolute Gasteiger partial charge is 0.138 e. The molecule has 3 heterocycles. The molecule has 0 bridgehead atoms. The van der Waals surface area contributed by atoms with Gasteiger partial charge < -0.3 is 25.5 Å². The Morgan fingerprint density at radius 2 is 1.31 bits per heavy atom. The van der Waals surface area contributed by atoms with Gasteiger partial charge in [-0.3, -0.25) is 0 Å². The van der Waals surface area contributed by atoms with Crippen molar-refractivity contribution < 1.29 is 0 Å². The van der Waals surface area contributed by atoms with E-state index >= 15 is 0 Å². The molecule has 6 rings (SSSR count). The van der Waals surface area contributed by atoms with Crippen molar-refractivity contribution in [2.75, 3.05) is 43.9 Å². The molecule has 3 aromatic carbocycles. The van der Waals surface area contributed by atoms with E-state index in [2.05, 4.69) is 57.1 Å². The molecule has 0 unspecified atom stereocenters. The summed E-state index contributed by atoms with van der Waals surface area (Å²) in [5, 5.41) is 0. The number of aromatic amines is 2. The summed E-state index contributed by atoms with van der Waals surface area (Å²) in [6, 6.07) is 20.4. The Morgan fingerprint density at radius 1 is 0.719 bits per heavy atom. The van der Waals surface area contributed by atoms with Gasteiger partial charge in [0.15, 0.2) is 0 Å². The number of aromatic nitrogens is 4. The monoisotopic (exact) mass is 423 g/mol. The molecule has 1 saturated heterocycles. The first-order valence-electron chi connectivity index (χ1n) is 10.9. The van der Waals surface area contributed by atoms with Crippen LogP contribution in [0.4, 0.5) is 11.4 Å². The first-order chi connectivity index (χ1) is 15.6. The highest BCUT2D eigenvalue weighted by atomic mass is 15.2. The van der Waals surface area contributed by atoms with Crippen LogP contribution < -0.4 is 10.6 Å². The van der Waals surface area contributed by atoms with Gasteiger partial charge in [-0.15, -0.1) is 0 Å². The molecule has 1 fully saturated rings. The van der Waals surface area contributed by atoms with Crippen LogP contribution in [0.25, 0.3) is 44.8 Å². The number of hydrogen-bond acceptors (Lipinski definition) is 5. The van der Waals surface area contributed by atoms with Crippen LogP contribution in [0, 0.1) is 0 Å². The van der Waals surface area contributed by atoms with Crippen molar-refractivity contribution in [2.45, 2.75) is 0 Å². The molecule has 1 aliphatic heterocycles. The zero-order valence-corrected chi connectivity index (χ0v) is 18.0. The number of H-pyrrole nitrogens is 2. The lowest BCUT2D eigenvalue weighted by molar-refractivity contribution is 0.313. The maximum Gasteiger partial charge on any atom is 0.138 e. The first-order valence-corrected chi connectivity index (χ1v) is 10.9. The molecule has 4 N–H and O–H groups in total. The van der Waals surface area contributed by atoms with Gasteiger partial charge in [-0.25, -0.2) is 9.97 Å². The zero-order chi connectivity index (χ0) is 21.7. The largest absolute Gasteiger partial charge is 0.399 e. The summed E-state index contributed by atoms with van der Waals surface area (Å²) >= 11 is 0. The SMILES string of the molecule is CN1CCN(c2ccc3nc(-c4ccc5nc(-c6ccc(N)cc6)[nH]c5c4)[nH]c3c2)CC1. The lowest BCUT2D eigenvalue weighted by Gasteiger charge is -2.34. The molecular formula is C25H25N7. The number of nitrogens with two attached hydrogens (primary N) is 1. The molecule has 7 nitrogen and oxygen atoms in total. The predicted octanol–water partition coefficient (Wildman–Crippen LogP) is 4.11. The number of fused-ring (bicyclic) bond motifs is 2. The fourth-order valence-corrected chi connectivity index (χ4v) is 4.33. The standard InChI is InChI=1S/C25H25N7/c1-31-10-12-32(13-11-31)19-7-9-21-23(15-19)30-25(28-21)17-4-8-20-22(14-17)29-24(27-20)16-2-5-18(26)6-3-16/h2-9,14-15H,10-13,26H2,1H3,(H,27,29)(H,28,30). The Bertz CT molecular complexity index is 1410. The average Bonchev–Trinajstić information content (AvgIpc) is 3.43. The van der Waals surface area contributed by atoms with Crippen LogP contribution in [0.5, 0.6) is 0 Å². The third-order valence-corrected chi connectivity index (χ3v) is 6.27. The van der Waals surface area contributed by atoms with E-state index in [1.807, 2.05) is 30.3 Å². The number of rotatable bonds is 3. The Balaban J connectivity index is 1.32. The van der Waals surface area contributed by atoms with Gasteiger partial charge in [0.2, 0.25) is 0 Å². The zero-order valence-electron chi connectivity index (χ0n) is 18.0. The van der Waals surface area contributed by atoms with Gasteiger partial charge in [-0.05, 0) is 67.7 Å². The predicted molar refractivity (Wildman–Crippen MR) is 131 cm³/mol. The van der Waals surface area contributed by atoms with E-state index in [0.29, 0.717) is 0 Å². The third-order valence-electron chi connectivity index (χ3n) is 6.27. The normalized spacial score (nSPS) is 15.1. The van der Waals surface area contributed by atoms with Crippen LogP contribution in [0.3, 0.4) is 0 Å². The molecule has 0 radical (unpaired) electrons. The summed E-state index contributed by atoms with van der Waals surface area (Å²) in [5.41, 5.74) is 13.8. The minimum Gasteiger partial charge on any atom is -0.399 e. The van der Waals surface area contributed by atoms with E-state index in [1.165, 1.54) is 5.69 Å². The van der Waals surface area contributed by atoms with Crippen molar-refractivity contribution in [1.29, 1.82) is 0 Å². The Labute approximate surface area is 185 Å². The first kappa shape index (κ1) is 18.9. The van der Waals surface area contributed by atoms with E-state index in [9.17, 15) is 0 Å². The van der Waals surface area contributed by atoms with Crippen molar-refractivity contribution in [1.82, 2.24) is 24.8 Å². The number of imidazole rings is 2. The van der Waals surface area contributed by atoms with Gasteiger partial charge >= 0.3 is 0 Å². The second kappa shape index (κ2) is 7.39. The van der Waals surface area contributed by atoms with Crippen molar-refractivity contribution >= 4 is 33.4 Å². The summed E-state index contributed by atoms with van der Waals surface area (Å²) in [6.45, 7) is 4.29.